The zero-order chi connectivity index (χ0) is 12.1. The molecule has 3 heteroatoms. The van der Waals surface area contributed by atoms with Crippen molar-refractivity contribution in [2.75, 3.05) is 0 Å². The van der Waals surface area contributed by atoms with Gasteiger partial charge in [-0.2, -0.15) is 0 Å². The third-order valence-corrected chi connectivity index (χ3v) is 3.37. The summed E-state index contributed by atoms with van der Waals surface area (Å²) in [6.07, 6.45) is 6.56. The number of nitrogens with two attached hydrogens (primary N) is 1. The third kappa shape index (κ3) is 3.51. The molecule has 1 aromatic carbocycles. The molecule has 0 atom stereocenters. The Bertz CT molecular complexity index is 361. The van der Waals surface area contributed by atoms with Gasteiger partial charge in [0, 0.05) is 12.1 Å². The fourth-order valence-electron chi connectivity index (χ4n) is 2.32. The van der Waals surface area contributed by atoms with E-state index >= 15 is 0 Å². The molecule has 0 amide bonds. The van der Waals surface area contributed by atoms with Crippen molar-refractivity contribution < 1.29 is 9.13 Å². The molecule has 0 saturated heterocycles. The molecule has 2 rings (SSSR count). The van der Waals surface area contributed by atoms with Crippen molar-refractivity contribution in [2.24, 2.45) is 5.73 Å². The molecule has 0 heterocycles. The van der Waals surface area contributed by atoms with Gasteiger partial charge in [-0.3, -0.25) is 0 Å². The van der Waals surface area contributed by atoms with Crippen LogP contribution in [0.2, 0.25) is 0 Å². The van der Waals surface area contributed by atoms with E-state index in [4.69, 9.17) is 10.5 Å². The van der Waals surface area contributed by atoms with Gasteiger partial charge in [0.25, 0.3) is 0 Å². The molecule has 0 aromatic heterocycles. The van der Waals surface area contributed by atoms with Crippen LogP contribution in [0.15, 0.2) is 18.2 Å². The molecule has 1 fully saturated rings. The van der Waals surface area contributed by atoms with Crippen molar-refractivity contribution in [1.82, 2.24) is 0 Å². The second kappa shape index (κ2) is 6.12. The predicted octanol–water partition coefficient (Wildman–Crippen LogP) is 3.13. The summed E-state index contributed by atoms with van der Waals surface area (Å²) >= 11 is 0. The normalized spacial score (nSPS) is 17.3. The van der Waals surface area contributed by atoms with Crippen molar-refractivity contribution in [3.8, 4) is 0 Å². The van der Waals surface area contributed by atoms with Crippen molar-refractivity contribution in [3.63, 3.8) is 0 Å². The number of halogens is 1. The summed E-state index contributed by atoms with van der Waals surface area (Å²) in [5.41, 5.74) is 7.05. The summed E-state index contributed by atoms with van der Waals surface area (Å²) in [4.78, 5) is 0. The highest BCUT2D eigenvalue weighted by molar-refractivity contribution is 5.24. The fraction of sp³-hybridized carbons (Fsp3) is 0.571. The molecule has 2 N–H and O–H groups in total. The Morgan fingerprint density at radius 3 is 2.71 bits per heavy atom. The first-order valence-electron chi connectivity index (χ1n) is 6.38. The van der Waals surface area contributed by atoms with Crippen molar-refractivity contribution in [1.29, 1.82) is 0 Å². The van der Waals surface area contributed by atoms with Crippen LogP contribution in [0.3, 0.4) is 0 Å². The van der Waals surface area contributed by atoms with Crippen molar-refractivity contribution in [3.05, 3.63) is 35.1 Å². The first-order chi connectivity index (χ1) is 8.29. The second-order valence-electron chi connectivity index (χ2n) is 4.70. The molecule has 1 saturated carbocycles. The molecule has 0 bridgehead atoms. The van der Waals surface area contributed by atoms with Crippen LogP contribution in [0.25, 0.3) is 0 Å². The molecule has 0 spiro atoms. The van der Waals surface area contributed by atoms with Gasteiger partial charge in [-0.15, -0.1) is 0 Å². The summed E-state index contributed by atoms with van der Waals surface area (Å²) in [5.74, 6) is -0.228. The Morgan fingerprint density at radius 1 is 1.24 bits per heavy atom. The molecule has 1 aromatic rings. The van der Waals surface area contributed by atoms with Crippen LogP contribution in [-0.4, -0.2) is 6.10 Å². The van der Waals surface area contributed by atoms with E-state index in [2.05, 4.69) is 0 Å². The van der Waals surface area contributed by atoms with E-state index in [-0.39, 0.29) is 12.4 Å². The lowest BCUT2D eigenvalue weighted by Gasteiger charge is -2.22. The highest BCUT2D eigenvalue weighted by atomic mass is 19.1. The van der Waals surface area contributed by atoms with E-state index in [0.29, 0.717) is 18.3 Å². The minimum Gasteiger partial charge on any atom is -0.374 e. The summed E-state index contributed by atoms with van der Waals surface area (Å²) in [6.45, 7) is 0.807. The van der Waals surface area contributed by atoms with Gasteiger partial charge in [0.05, 0.1) is 12.7 Å². The largest absolute Gasteiger partial charge is 0.374 e. The lowest BCUT2D eigenvalue weighted by molar-refractivity contribution is 0.0168. The van der Waals surface area contributed by atoms with Gasteiger partial charge in [-0.05, 0) is 30.5 Å². The predicted molar refractivity (Wildman–Crippen MR) is 66.0 cm³/mol. The molecule has 1 aliphatic rings. The van der Waals surface area contributed by atoms with Crippen LogP contribution >= 0.6 is 0 Å². The van der Waals surface area contributed by atoms with Gasteiger partial charge in [-0.1, -0.05) is 25.3 Å². The van der Waals surface area contributed by atoms with Crippen LogP contribution < -0.4 is 5.73 Å². The Balaban J connectivity index is 1.89. The number of benzene rings is 1. The van der Waals surface area contributed by atoms with E-state index in [0.717, 1.165) is 18.4 Å². The van der Waals surface area contributed by atoms with Gasteiger partial charge in [0.2, 0.25) is 0 Å². The molecule has 0 aliphatic heterocycles. The molecule has 2 nitrogen and oxygen atoms in total. The summed E-state index contributed by atoms with van der Waals surface area (Å²) in [5, 5.41) is 0. The molecule has 0 unspecified atom stereocenters. The maximum Gasteiger partial charge on any atom is 0.127 e. The number of rotatable bonds is 4. The lowest BCUT2D eigenvalue weighted by Crippen LogP contribution is -2.16. The number of hydrogen-bond donors (Lipinski definition) is 1. The lowest BCUT2D eigenvalue weighted by atomic mass is 9.98. The summed E-state index contributed by atoms with van der Waals surface area (Å²) in [7, 11) is 0. The Labute approximate surface area is 102 Å². The minimum absolute atomic E-state index is 0.228. The zero-order valence-corrected chi connectivity index (χ0v) is 10.1. The van der Waals surface area contributed by atoms with Crippen LogP contribution in [0.1, 0.15) is 43.2 Å². The summed E-state index contributed by atoms with van der Waals surface area (Å²) < 4.78 is 19.1. The van der Waals surface area contributed by atoms with Gasteiger partial charge in [0.1, 0.15) is 5.82 Å². The molecule has 94 valence electrons. The molecule has 17 heavy (non-hydrogen) atoms. The van der Waals surface area contributed by atoms with Crippen LogP contribution in [0.5, 0.6) is 0 Å². The topological polar surface area (TPSA) is 35.2 Å². The van der Waals surface area contributed by atoms with Gasteiger partial charge in [0.15, 0.2) is 0 Å². The second-order valence-corrected chi connectivity index (χ2v) is 4.70. The Kier molecular flexibility index (Phi) is 4.51. The van der Waals surface area contributed by atoms with Gasteiger partial charge < -0.3 is 10.5 Å². The number of hydrogen-bond acceptors (Lipinski definition) is 2. The van der Waals surface area contributed by atoms with E-state index in [1.807, 2.05) is 0 Å². The molecular formula is C14H20FNO. The van der Waals surface area contributed by atoms with Crippen molar-refractivity contribution >= 4 is 0 Å². The van der Waals surface area contributed by atoms with E-state index in [9.17, 15) is 4.39 Å². The molecule has 1 aliphatic carbocycles. The van der Waals surface area contributed by atoms with E-state index < -0.39 is 0 Å². The standard InChI is InChI=1S/C14H20FNO/c15-14-7-6-11(8-12(14)9-16)10-17-13-4-2-1-3-5-13/h6-8,13H,1-5,9-10,16H2. The monoisotopic (exact) mass is 237 g/mol. The SMILES string of the molecule is NCc1cc(COC2CCCCC2)ccc1F. The highest BCUT2D eigenvalue weighted by Crippen LogP contribution is 2.21. The first-order valence-corrected chi connectivity index (χ1v) is 6.38. The smallest absolute Gasteiger partial charge is 0.127 e. The quantitative estimate of drug-likeness (QED) is 0.873. The summed E-state index contributed by atoms with van der Waals surface area (Å²) in [6, 6.07) is 5.05. The molecular weight excluding hydrogens is 217 g/mol. The van der Waals surface area contributed by atoms with Crippen LogP contribution in [-0.2, 0) is 17.9 Å². The average molecular weight is 237 g/mol. The Morgan fingerprint density at radius 2 is 2.00 bits per heavy atom. The maximum absolute atomic E-state index is 13.2. The van der Waals surface area contributed by atoms with E-state index in [1.54, 1.807) is 12.1 Å². The first kappa shape index (κ1) is 12.5. The minimum atomic E-state index is -0.228. The van der Waals surface area contributed by atoms with Crippen LogP contribution in [0.4, 0.5) is 4.39 Å². The van der Waals surface area contributed by atoms with Gasteiger partial charge in [-0.25, -0.2) is 4.39 Å². The zero-order valence-electron chi connectivity index (χ0n) is 10.1. The van der Waals surface area contributed by atoms with E-state index in [1.165, 1.54) is 25.3 Å². The van der Waals surface area contributed by atoms with Gasteiger partial charge >= 0.3 is 0 Å². The molecule has 0 radical (unpaired) electrons. The maximum atomic E-state index is 13.2. The average Bonchev–Trinajstić information content (AvgIpc) is 2.39. The van der Waals surface area contributed by atoms with Crippen molar-refractivity contribution in [2.45, 2.75) is 51.4 Å². The van der Waals surface area contributed by atoms with Crippen LogP contribution in [0, 0.1) is 5.82 Å². The Hall–Kier alpha value is -0.930. The number of ether oxygens (including phenoxy) is 1. The highest BCUT2D eigenvalue weighted by Gasteiger charge is 2.13. The third-order valence-electron chi connectivity index (χ3n) is 3.37. The fourth-order valence-corrected chi connectivity index (χ4v) is 2.32.